The van der Waals surface area contributed by atoms with E-state index in [0.717, 1.165) is 43.8 Å². The highest BCUT2D eigenvalue weighted by molar-refractivity contribution is 5.59. The van der Waals surface area contributed by atoms with Crippen molar-refractivity contribution < 1.29 is 4.74 Å². The quantitative estimate of drug-likeness (QED) is 0.937. The van der Waals surface area contributed by atoms with Crippen LogP contribution in [0.5, 0.6) is 5.75 Å². The van der Waals surface area contributed by atoms with E-state index in [1.807, 2.05) is 24.3 Å². The van der Waals surface area contributed by atoms with E-state index in [-0.39, 0.29) is 5.56 Å². The van der Waals surface area contributed by atoms with Gasteiger partial charge in [-0.05, 0) is 56.1 Å². The molecule has 0 amide bonds. The number of hydrogen-bond acceptors (Lipinski definition) is 4. The van der Waals surface area contributed by atoms with E-state index in [4.69, 9.17) is 4.74 Å². The van der Waals surface area contributed by atoms with Crippen molar-refractivity contribution in [2.24, 2.45) is 5.92 Å². The molecule has 5 heteroatoms. The highest BCUT2D eigenvalue weighted by Gasteiger charge is 2.14. The fraction of sp³-hybridized carbons (Fsp3) is 0.412. The second-order valence-corrected chi connectivity index (χ2v) is 5.69. The molecule has 0 aliphatic carbocycles. The van der Waals surface area contributed by atoms with Crippen LogP contribution < -0.4 is 15.6 Å². The third-order valence-electron chi connectivity index (χ3n) is 4.18. The van der Waals surface area contributed by atoms with E-state index in [9.17, 15) is 4.79 Å². The maximum Gasteiger partial charge on any atom is 0.253 e. The molecule has 1 aliphatic rings. The minimum absolute atomic E-state index is 0.0133. The first-order valence-corrected chi connectivity index (χ1v) is 7.68. The zero-order valence-electron chi connectivity index (χ0n) is 12.8. The molecule has 0 saturated carbocycles. The number of nitrogens with zero attached hydrogens (tertiary/aromatic N) is 2. The number of piperidine rings is 1. The number of nitrogens with one attached hydrogen (secondary N) is 1. The van der Waals surface area contributed by atoms with Crippen LogP contribution in [0.25, 0.3) is 11.3 Å². The molecule has 1 aliphatic heterocycles. The summed E-state index contributed by atoms with van der Waals surface area (Å²) in [6, 6.07) is 9.19. The number of rotatable bonds is 4. The third-order valence-corrected chi connectivity index (χ3v) is 4.18. The van der Waals surface area contributed by atoms with Gasteiger partial charge in [0.25, 0.3) is 5.56 Å². The summed E-state index contributed by atoms with van der Waals surface area (Å²) in [5, 5.41) is 3.34. The maximum absolute atomic E-state index is 12.3. The van der Waals surface area contributed by atoms with Crippen molar-refractivity contribution >= 4 is 0 Å². The van der Waals surface area contributed by atoms with Gasteiger partial charge in [-0.25, -0.2) is 4.98 Å². The summed E-state index contributed by atoms with van der Waals surface area (Å²) in [7, 11) is 1.63. The molecule has 1 N–H and O–H groups in total. The van der Waals surface area contributed by atoms with E-state index >= 15 is 0 Å². The first kappa shape index (κ1) is 14.8. The summed E-state index contributed by atoms with van der Waals surface area (Å²) in [5.74, 6) is 1.36. The lowest BCUT2D eigenvalue weighted by Gasteiger charge is -2.23. The molecule has 0 bridgehead atoms. The molecule has 0 radical (unpaired) electrons. The van der Waals surface area contributed by atoms with Gasteiger partial charge in [0.15, 0.2) is 0 Å². The summed E-state index contributed by atoms with van der Waals surface area (Å²) in [6.07, 6.45) is 3.91. The minimum Gasteiger partial charge on any atom is -0.497 e. The Hall–Kier alpha value is -2.14. The fourth-order valence-electron chi connectivity index (χ4n) is 2.83. The average Bonchev–Trinajstić information content (AvgIpc) is 2.58. The van der Waals surface area contributed by atoms with Gasteiger partial charge in [-0.2, -0.15) is 0 Å². The van der Waals surface area contributed by atoms with Crippen LogP contribution >= 0.6 is 0 Å². The van der Waals surface area contributed by atoms with Gasteiger partial charge in [0.05, 0.1) is 19.1 Å². The molecule has 116 valence electrons. The van der Waals surface area contributed by atoms with E-state index in [1.54, 1.807) is 24.1 Å². The Kier molecular flexibility index (Phi) is 4.53. The topological polar surface area (TPSA) is 56.1 Å². The van der Waals surface area contributed by atoms with Gasteiger partial charge in [-0.3, -0.25) is 9.36 Å². The smallest absolute Gasteiger partial charge is 0.253 e. The average molecular weight is 299 g/mol. The molecular weight excluding hydrogens is 278 g/mol. The second-order valence-electron chi connectivity index (χ2n) is 5.69. The molecule has 1 aromatic heterocycles. The highest BCUT2D eigenvalue weighted by atomic mass is 16.5. The Morgan fingerprint density at radius 2 is 2.00 bits per heavy atom. The van der Waals surface area contributed by atoms with Gasteiger partial charge < -0.3 is 10.1 Å². The van der Waals surface area contributed by atoms with Crippen molar-refractivity contribution in [3.05, 3.63) is 47.0 Å². The van der Waals surface area contributed by atoms with Gasteiger partial charge in [0.1, 0.15) is 5.75 Å². The predicted octanol–water partition coefficient (Wildman–Crippen LogP) is 1.92. The molecule has 3 rings (SSSR count). The predicted molar refractivity (Wildman–Crippen MR) is 86.1 cm³/mol. The van der Waals surface area contributed by atoms with Gasteiger partial charge in [-0.15, -0.1) is 0 Å². The molecule has 1 aromatic carbocycles. The van der Waals surface area contributed by atoms with Crippen LogP contribution in [0.3, 0.4) is 0 Å². The lowest BCUT2D eigenvalue weighted by atomic mass is 9.98. The summed E-state index contributed by atoms with van der Waals surface area (Å²) in [4.78, 5) is 16.7. The lowest BCUT2D eigenvalue weighted by Crippen LogP contribution is -2.32. The Morgan fingerprint density at radius 3 is 2.64 bits per heavy atom. The number of methoxy groups -OCH3 is 1. The lowest BCUT2D eigenvalue weighted by molar-refractivity contribution is 0.328. The Balaban J connectivity index is 1.77. The number of ether oxygens (including phenoxy) is 1. The van der Waals surface area contributed by atoms with Crippen molar-refractivity contribution in [2.75, 3.05) is 20.2 Å². The molecule has 0 unspecified atom stereocenters. The molecule has 22 heavy (non-hydrogen) atoms. The van der Waals surface area contributed by atoms with Crippen LogP contribution in [-0.4, -0.2) is 29.8 Å². The minimum atomic E-state index is 0.0133. The van der Waals surface area contributed by atoms with Gasteiger partial charge >= 0.3 is 0 Å². The molecule has 2 heterocycles. The summed E-state index contributed by atoms with van der Waals surface area (Å²) >= 11 is 0. The largest absolute Gasteiger partial charge is 0.497 e. The van der Waals surface area contributed by atoms with Crippen LogP contribution in [0.1, 0.15) is 12.8 Å². The van der Waals surface area contributed by atoms with Crippen molar-refractivity contribution in [3.8, 4) is 17.0 Å². The zero-order valence-corrected chi connectivity index (χ0v) is 12.8. The molecule has 1 fully saturated rings. The van der Waals surface area contributed by atoms with Crippen LogP contribution in [0, 0.1) is 5.92 Å². The number of benzene rings is 1. The second kappa shape index (κ2) is 6.75. The van der Waals surface area contributed by atoms with Gasteiger partial charge in [-0.1, -0.05) is 0 Å². The van der Waals surface area contributed by atoms with E-state index in [1.165, 1.54) is 0 Å². The van der Waals surface area contributed by atoms with Crippen LogP contribution in [0.15, 0.2) is 41.5 Å². The van der Waals surface area contributed by atoms with Crippen molar-refractivity contribution in [2.45, 2.75) is 19.4 Å². The van der Waals surface area contributed by atoms with Crippen LogP contribution in [0.4, 0.5) is 0 Å². The van der Waals surface area contributed by atoms with E-state index in [0.29, 0.717) is 11.6 Å². The van der Waals surface area contributed by atoms with Crippen molar-refractivity contribution in [1.29, 1.82) is 0 Å². The fourth-order valence-corrected chi connectivity index (χ4v) is 2.83. The van der Waals surface area contributed by atoms with Crippen molar-refractivity contribution in [1.82, 2.24) is 14.9 Å². The highest BCUT2D eigenvalue weighted by Crippen LogP contribution is 2.19. The molecule has 0 atom stereocenters. The van der Waals surface area contributed by atoms with E-state index in [2.05, 4.69) is 10.3 Å². The normalized spacial score (nSPS) is 15.7. The Morgan fingerprint density at radius 1 is 1.27 bits per heavy atom. The maximum atomic E-state index is 12.3. The van der Waals surface area contributed by atoms with Gasteiger partial charge in [0.2, 0.25) is 0 Å². The molecule has 2 aromatic rings. The van der Waals surface area contributed by atoms with Crippen molar-refractivity contribution in [3.63, 3.8) is 0 Å². The number of hydrogen-bond donors (Lipinski definition) is 1. The van der Waals surface area contributed by atoms with Gasteiger partial charge in [0, 0.05) is 18.2 Å². The third kappa shape index (κ3) is 3.36. The Bertz CT molecular complexity index is 673. The zero-order chi connectivity index (χ0) is 15.4. The number of aromatic nitrogens is 2. The SMILES string of the molecule is COc1ccc(-c2cc(=O)n(CC3CCNCC3)cn2)cc1. The standard InChI is InChI=1S/C17H21N3O2/c1-22-15-4-2-14(3-5-15)16-10-17(21)20(12-19-16)11-13-6-8-18-9-7-13/h2-5,10,12-13,18H,6-9,11H2,1H3. The first-order valence-electron chi connectivity index (χ1n) is 7.68. The summed E-state index contributed by atoms with van der Waals surface area (Å²) in [5.41, 5.74) is 1.64. The molecule has 0 spiro atoms. The monoisotopic (exact) mass is 299 g/mol. The molecule has 1 saturated heterocycles. The van der Waals surface area contributed by atoms with Crippen LogP contribution in [0.2, 0.25) is 0 Å². The summed E-state index contributed by atoms with van der Waals surface area (Å²) < 4.78 is 6.87. The van der Waals surface area contributed by atoms with Crippen LogP contribution in [-0.2, 0) is 6.54 Å². The molecular formula is C17H21N3O2. The van der Waals surface area contributed by atoms with E-state index < -0.39 is 0 Å². The molecule has 5 nitrogen and oxygen atoms in total. The summed E-state index contributed by atoms with van der Waals surface area (Å²) in [6.45, 7) is 2.84. The first-order chi connectivity index (χ1) is 10.8. The Labute approximate surface area is 130 Å².